The molecule has 2 fully saturated rings. The Labute approximate surface area is 113 Å². The summed E-state index contributed by atoms with van der Waals surface area (Å²) in [4.78, 5) is 9.18. The molecule has 3 N–H and O–H groups in total. The van der Waals surface area contributed by atoms with Crippen LogP contribution in [0.2, 0.25) is 0 Å². The van der Waals surface area contributed by atoms with Gasteiger partial charge in [0.2, 0.25) is 0 Å². The van der Waals surface area contributed by atoms with E-state index in [9.17, 15) is 5.11 Å². The van der Waals surface area contributed by atoms with Gasteiger partial charge in [-0.15, -0.1) is 0 Å². The first-order chi connectivity index (χ1) is 9.19. The molecule has 3 rings (SSSR count). The van der Waals surface area contributed by atoms with E-state index in [1.807, 2.05) is 14.0 Å². The number of aliphatic hydroxyl groups is 1. The van der Waals surface area contributed by atoms with Crippen molar-refractivity contribution in [2.24, 2.45) is 5.92 Å². The summed E-state index contributed by atoms with van der Waals surface area (Å²) in [5, 5.41) is 16.4. The van der Waals surface area contributed by atoms with E-state index < -0.39 is 0 Å². The van der Waals surface area contributed by atoms with Crippen molar-refractivity contribution in [3.63, 3.8) is 0 Å². The molecule has 104 valence electrons. The van der Waals surface area contributed by atoms with E-state index in [0.29, 0.717) is 18.4 Å². The minimum atomic E-state index is -0.253. The van der Waals surface area contributed by atoms with Crippen LogP contribution in [0, 0.1) is 12.8 Å². The number of nitrogens with zero attached hydrogens (tertiary/aromatic N) is 2. The molecule has 0 saturated heterocycles. The van der Waals surface area contributed by atoms with Crippen molar-refractivity contribution in [2.45, 2.75) is 44.6 Å². The minimum absolute atomic E-state index is 0.253. The van der Waals surface area contributed by atoms with Gasteiger partial charge in [-0.3, -0.25) is 0 Å². The molecule has 1 aromatic heterocycles. The van der Waals surface area contributed by atoms with Crippen molar-refractivity contribution in [3.8, 4) is 0 Å². The fourth-order valence-electron chi connectivity index (χ4n) is 2.32. The van der Waals surface area contributed by atoms with Crippen molar-refractivity contribution in [1.82, 2.24) is 9.97 Å². The number of nitrogens with one attached hydrogen (secondary N) is 2. The smallest absolute Gasteiger partial charge is 0.136 e. The van der Waals surface area contributed by atoms with Gasteiger partial charge in [-0.05, 0) is 38.5 Å². The van der Waals surface area contributed by atoms with Crippen LogP contribution in [0.3, 0.4) is 0 Å². The van der Waals surface area contributed by atoms with E-state index in [4.69, 9.17) is 0 Å². The first kappa shape index (κ1) is 12.7. The van der Waals surface area contributed by atoms with Crippen molar-refractivity contribution >= 4 is 11.6 Å². The standard InChI is InChI=1S/C14H22N4O/c1-8-12(15-2)17-14(10-5-6-10)18-13(8)16-7-11(19)9-3-4-9/h9-11,19H,3-7H2,1-2H3,(H2,15,16,17,18). The highest BCUT2D eigenvalue weighted by Gasteiger charge is 2.30. The maximum absolute atomic E-state index is 9.94. The lowest BCUT2D eigenvalue weighted by Gasteiger charge is -2.16. The second-order valence-corrected chi connectivity index (χ2v) is 5.71. The Morgan fingerprint density at radius 3 is 2.47 bits per heavy atom. The molecule has 0 aliphatic heterocycles. The maximum Gasteiger partial charge on any atom is 0.136 e. The van der Waals surface area contributed by atoms with Gasteiger partial charge in [-0.1, -0.05) is 0 Å². The molecule has 2 aliphatic carbocycles. The average Bonchev–Trinajstić information content (AvgIpc) is 3.29. The molecule has 2 saturated carbocycles. The summed E-state index contributed by atoms with van der Waals surface area (Å²) >= 11 is 0. The topological polar surface area (TPSA) is 70.1 Å². The highest BCUT2D eigenvalue weighted by molar-refractivity contribution is 5.57. The number of anilines is 2. The predicted octanol–water partition coefficient (Wildman–Crippen LogP) is 1.89. The molecule has 19 heavy (non-hydrogen) atoms. The number of aromatic nitrogens is 2. The summed E-state index contributed by atoms with van der Waals surface area (Å²) in [6.45, 7) is 2.59. The quantitative estimate of drug-likeness (QED) is 0.730. The van der Waals surface area contributed by atoms with Crippen LogP contribution in [0.15, 0.2) is 0 Å². The number of hydrogen-bond donors (Lipinski definition) is 3. The molecule has 0 radical (unpaired) electrons. The predicted molar refractivity (Wildman–Crippen MR) is 75.5 cm³/mol. The summed E-state index contributed by atoms with van der Waals surface area (Å²) in [6, 6.07) is 0. The number of rotatable bonds is 6. The van der Waals surface area contributed by atoms with Crippen LogP contribution >= 0.6 is 0 Å². The van der Waals surface area contributed by atoms with Crippen molar-refractivity contribution in [2.75, 3.05) is 24.2 Å². The summed E-state index contributed by atoms with van der Waals surface area (Å²) in [7, 11) is 1.88. The second kappa shape index (κ2) is 4.96. The zero-order valence-electron chi connectivity index (χ0n) is 11.6. The normalized spacial score (nSPS) is 20.2. The molecule has 0 bridgehead atoms. The van der Waals surface area contributed by atoms with Gasteiger partial charge in [-0.2, -0.15) is 0 Å². The highest BCUT2D eigenvalue weighted by atomic mass is 16.3. The lowest BCUT2D eigenvalue weighted by atomic mass is 10.2. The molecule has 5 nitrogen and oxygen atoms in total. The summed E-state index contributed by atoms with van der Waals surface area (Å²) in [5.41, 5.74) is 1.02. The van der Waals surface area contributed by atoms with E-state index in [-0.39, 0.29) is 6.10 Å². The first-order valence-electron chi connectivity index (χ1n) is 7.17. The van der Waals surface area contributed by atoms with Gasteiger partial charge in [0.1, 0.15) is 17.5 Å². The summed E-state index contributed by atoms with van der Waals surface area (Å²) in [6.07, 6.45) is 4.44. The monoisotopic (exact) mass is 262 g/mol. The Hall–Kier alpha value is -1.36. The molecule has 0 amide bonds. The Balaban J connectivity index is 1.75. The molecule has 1 heterocycles. The fraction of sp³-hybridized carbons (Fsp3) is 0.714. The molecule has 0 aromatic carbocycles. The summed E-state index contributed by atoms with van der Waals surface area (Å²) in [5.74, 6) is 3.70. The van der Waals surface area contributed by atoms with E-state index >= 15 is 0 Å². The van der Waals surface area contributed by atoms with Gasteiger partial charge >= 0.3 is 0 Å². The molecule has 0 spiro atoms. The van der Waals surface area contributed by atoms with Crippen molar-refractivity contribution in [3.05, 3.63) is 11.4 Å². The zero-order chi connectivity index (χ0) is 13.4. The van der Waals surface area contributed by atoms with Gasteiger partial charge in [0.25, 0.3) is 0 Å². The lowest BCUT2D eigenvalue weighted by molar-refractivity contribution is 0.164. The largest absolute Gasteiger partial charge is 0.391 e. The molecular formula is C14H22N4O. The van der Waals surface area contributed by atoms with E-state index in [1.165, 1.54) is 12.8 Å². The average molecular weight is 262 g/mol. The third kappa shape index (κ3) is 2.81. The van der Waals surface area contributed by atoms with Gasteiger partial charge in [-0.25, -0.2) is 9.97 Å². The third-order valence-electron chi connectivity index (χ3n) is 3.99. The van der Waals surface area contributed by atoms with E-state index in [1.54, 1.807) is 0 Å². The van der Waals surface area contributed by atoms with Crippen LogP contribution in [-0.2, 0) is 0 Å². The Kier molecular flexibility index (Phi) is 3.31. The van der Waals surface area contributed by atoms with Crippen LogP contribution in [0.25, 0.3) is 0 Å². The van der Waals surface area contributed by atoms with Crippen molar-refractivity contribution < 1.29 is 5.11 Å². The van der Waals surface area contributed by atoms with Crippen LogP contribution < -0.4 is 10.6 Å². The van der Waals surface area contributed by atoms with E-state index in [2.05, 4.69) is 20.6 Å². The van der Waals surface area contributed by atoms with Crippen LogP contribution in [-0.4, -0.2) is 34.8 Å². The Bertz CT molecular complexity index is 469. The van der Waals surface area contributed by atoms with Crippen molar-refractivity contribution in [1.29, 1.82) is 0 Å². The first-order valence-corrected chi connectivity index (χ1v) is 7.17. The molecule has 1 atom stereocenters. The SMILES string of the molecule is CNc1nc(C2CC2)nc(NCC(O)C2CC2)c1C. The lowest BCUT2D eigenvalue weighted by Crippen LogP contribution is -2.22. The van der Waals surface area contributed by atoms with E-state index in [0.717, 1.165) is 35.9 Å². The van der Waals surface area contributed by atoms with Gasteiger partial charge in [0.05, 0.1) is 6.10 Å². The van der Waals surface area contributed by atoms with Gasteiger partial charge in [0.15, 0.2) is 0 Å². The summed E-state index contributed by atoms with van der Waals surface area (Å²) < 4.78 is 0. The molecule has 2 aliphatic rings. The molecular weight excluding hydrogens is 240 g/mol. The van der Waals surface area contributed by atoms with Crippen LogP contribution in [0.5, 0.6) is 0 Å². The minimum Gasteiger partial charge on any atom is -0.391 e. The third-order valence-corrected chi connectivity index (χ3v) is 3.99. The van der Waals surface area contributed by atoms with Crippen LogP contribution in [0.4, 0.5) is 11.6 Å². The Morgan fingerprint density at radius 2 is 1.89 bits per heavy atom. The van der Waals surface area contributed by atoms with Crippen LogP contribution in [0.1, 0.15) is 43.0 Å². The number of aliphatic hydroxyl groups excluding tert-OH is 1. The number of hydrogen-bond acceptors (Lipinski definition) is 5. The maximum atomic E-state index is 9.94. The molecule has 5 heteroatoms. The Morgan fingerprint density at radius 1 is 1.21 bits per heavy atom. The molecule has 1 unspecified atom stereocenters. The zero-order valence-corrected chi connectivity index (χ0v) is 11.6. The van der Waals surface area contributed by atoms with Gasteiger partial charge < -0.3 is 15.7 Å². The fourth-order valence-corrected chi connectivity index (χ4v) is 2.32. The second-order valence-electron chi connectivity index (χ2n) is 5.71. The highest BCUT2D eigenvalue weighted by Crippen LogP contribution is 2.39. The van der Waals surface area contributed by atoms with Gasteiger partial charge in [0, 0.05) is 25.1 Å². The molecule has 1 aromatic rings.